The van der Waals surface area contributed by atoms with Gasteiger partial charge < -0.3 is 11.1 Å². The Morgan fingerprint density at radius 2 is 1.95 bits per heavy atom. The molecule has 0 fully saturated rings. The maximum atomic E-state index is 11.1. The van der Waals surface area contributed by atoms with Gasteiger partial charge in [-0.2, -0.15) is 0 Å². The van der Waals surface area contributed by atoms with Crippen molar-refractivity contribution in [2.24, 2.45) is 5.73 Å². The molecule has 3 N–H and O–H groups in total. The quantitative estimate of drug-likeness (QED) is 0.875. The Balaban J connectivity index is 2.19. The lowest BCUT2D eigenvalue weighted by molar-refractivity contribution is -0.117. The molecule has 0 radical (unpaired) electrons. The van der Waals surface area contributed by atoms with Crippen molar-refractivity contribution in [3.63, 3.8) is 0 Å². The second-order valence-electron chi connectivity index (χ2n) is 5.08. The molecule has 0 heterocycles. The van der Waals surface area contributed by atoms with Crippen LogP contribution in [-0.4, -0.2) is 5.91 Å². The molecular weight excluding hydrogens is 248 g/mol. The van der Waals surface area contributed by atoms with Crippen molar-refractivity contribution in [1.82, 2.24) is 0 Å². The number of nitrogens with one attached hydrogen (secondary N) is 1. The SMILES string of the molecule is Cc1cccc(C(C)Nc2ccccc2CC(N)=O)c1. The maximum Gasteiger partial charge on any atom is 0.221 e. The standard InChI is InChI=1S/C17H20N2O/c1-12-6-5-8-14(10-12)13(2)19-16-9-4-3-7-15(16)11-17(18)20/h3-10,13,19H,11H2,1-2H3,(H2,18,20). The number of primary amides is 1. The van der Waals surface area contributed by atoms with E-state index in [4.69, 9.17) is 5.73 Å². The number of aryl methyl sites for hydroxylation is 1. The summed E-state index contributed by atoms with van der Waals surface area (Å²) in [7, 11) is 0. The van der Waals surface area contributed by atoms with Gasteiger partial charge in [0.15, 0.2) is 0 Å². The zero-order chi connectivity index (χ0) is 14.5. The predicted octanol–water partition coefficient (Wildman–Crippen LogP) is 3.20. The fraction of sp³-hybridized carbons (Fsp3) is 0.235. The molecule has 0 aliphatic rings. The van der Waals surface area contributed by atoms with Crippen LogP contribution in [0, 0.1) is 6.92 Å². The van der Waals surface area contributed by atoms with Gasteiger partial charge in [0.05, 0.1) is 6.42 Å². The number of benzene rings is 2. The third kappa shape index (κ3) is 3.60. The van der Waals surface area contributed by atoms with Gasteiger partial charge in [-0.1, -0.05) is 48.0 Å². The number of hydrogen-bond acceptors (Lipinski definition) is 2. The van der Waals surface area contributed by atoms with Gasteiger partial charge in [-0.15, -0.1) is 0 Å². The van der Waals surface area contributed by atoms with Crippen LogP contribution in [0.25, 0.3) is 0 Å². The Morgan fingerprint density at radius 1 is 1.20 bits per heavy atom. The first kappa shape index (κ1) is 14.1. The zero-order valence-corrected chi connectivity index (χ0v) is 11.9. The second-order valence-corrected chi connectivity index (χ2v) is 5.08. The second kappa shape index (κ2) is 6.24. The van der Waals surface area contributed by atoms with Crippen LogP contribution in [0.5, 0.6) is 0 Å². The predicted molar refractivity (Wildman–Crippen MR) is 82.6 cm³/mol. The van der Waals surface area contributed by atoms with E-state index in [1.54, 1.807) is 0 Å². The Hall–Kier alpha value is -2.29. The highest BCUT2D eigenvalue weighted by molar-refractivity contribution is 5.78. The van der Waals surface area contributed by atoms with Gasteiger partial charge in [-0.05, 0) is 31.0 Å². The molecule has 104 valence electrons. The van der Waals surface area contributed by atoms with Crippen LogP contribution in [0.1, 0.15) is 29.7 Å². The number of carbonyl (C=O) groups excluding carboxylic acids is 1. The van der Waals surface area contributed by atoms with E-state index < -0.39 is 0 Å². The molecule has 0 aromatic heterocycles. The summed E-state index contributed by atoms with van der Waals surface area (Å²) in [6, 6.07) is 16.3. The van der Waals surface area contributed by atoms with Gasteiger partial charge in [0.1, 0.15) is 0 Å². The largest absolute Gasteiger partial charge is 0.378 e. The Bertz CT molecular complexity index is 607. The fourth-order valence-corrected chi connectivity index (χ4v) is 2.26. The molecule has 2 aromatic carbocycles. The minimum absolute atomic E-state index is 0.170. The molecule has 2 aromatic rings. The van der Waals surface area contributed by atoms with E-state index in [-0.39, 0.29) is 18.4 Å². The van der Waals surface area contributed by atoms with E-state index in [9.17, 15) is 4.79 Å². The minimum Gasteiger partial charge on any atom is -0.378 e. The molecule has 1 amide bonds. The molecular formula is C17H20N2O. The summed E-state index contributed by atoms with van der Waals surface area (Å²) < 4.78 is 0. The molecule has 0 saturated carbocycles. The molecule has 1 unspecified atom stereocenters. The number of amides is 1. The average Bonchev–Trinajstić information content (AvgIpc) is 2.40. The summed E-state index contributed by atoms with van der Waals surface area (Å²) in [4.78, 5) is 11.1. The Morgan fingerprint density at radius 3 is 2.65 bits per heavy atom. The topological polar surface area (TPSA) is 55.1 Å². The van der Waals surface area contributed by atoms with E-state index in [0.717, 1.165) is 11.3 Å². The number of nitrogens with two attached hydrogens (primary N) is 1. The zero-order valence-electron chi connectivity index (χ0n) is 11.9. The number of rotatable bonds is 5. The van der Waals surface area contributed by atoms with Gasteiger partial charge in [0.25, 0.3) is 0 Å². The first-order chi connectivity index (χ1) is 9.56. The molecule has 0 aliphatic heterocycles. The van der Waals surface area contributed by atoms with Crippen LogP contribution < -0.4 is 11.1 Å². The number of hydrogen-bond donors (Lipinski definition) is 2. The lowest BCUT2D eigenvalue weighted by Crippen LogP contribution is -2.16. The van der Waals surface area contributed by atoms with Crippen molar-refractivity contribution >= 4 is 11.6 Å². The van der Waals surface area contributed by atoms with Crippen molar-refractivity contribution in [2.75, 3.05) is 5.32 Å². The summed E-state index contributed by atoms with van der Waals surface area (Å²) in [6.45, 7) is 4.19. The summed E-state index contributed by atoms with van der Waals surface area (Å²) in [6.07, 6.45) is 0.254. The molecule has 0 bridgehead atoms. The van der Waals surface area contributed by atoms with Crippen LogP contribution in [0.4, 0.5) is 5.69 Å². The highest BCUT2D eigenvalue weighted by atomic mass is 16.1. The van der Waals surface area contributed by atoms with Gasteiger partial charge in [0.2, 0.25) is 5.91 Å². The lowest BCUT2D eigenvalue weighted by atomic mass is 10.0. The first-order valence-electron chi connectivity index (χ1n) is 6.75. The highest BCUT2D eigenvalue weighted by Crippen LogP contribution is 2.23. The number of para-hydroxylation sites is 1. The molecule has 1 atom stereocenters. The third-order valence-corrected chi connectivity index (χ3v) is 3.30. The van der Waals surface area contributed by atoms with Crippen LogP contribution in [0.15, 0.2) is 48.5 Å². The van der Waals surface area contributed by atoms with Crippen molar-refractivity contribution in [3.8, 4) is 0 Å². The van der Waals surface area contributed by atoms with E-state index >= 15 is 0 Å². The van der Waals surface area contributed by atoms with E-state index in [2.05, 4.69) is 43.4 Å². The summed E-state index contributed by atoms with van der Waals surface area (Å²) >= 11 is 0. The van der Waals surface area contributed by atoms with Gasteiger partial charge in [0, 0.05) is 11.7 Å². The summed E-state index contributed by atoms with van der Waals surface area (Å²) in [5, 5.41) is 3.45. The van der Waals surface area contributed by atoms with Crippen LogP contribution in [0.3, 0.4) is 0 Å². The van der Waals surface area contributed by atoms with Gasteiger partial charge in [-0.25, -0.2) is 0 Å². The summed E-state index contributed by atoms with van der Waals surface area (Å²) in [5.74, 6) is -0.317. The number of carbonyl (C=O) groups is 1. The average molecular weight is 268 g/mol. The molecule has 0 aliphatic carbocycles. The van der Waals surface area contributed by atoms with E-state index in [1.165, 1.54) is 11.1 Å². The maximum absolute atomic E-state index is 11.1. The van der Waals surface area contributed by atoms with Crippen LogP contribution in [0.2, 0.25) is 0 Å². The van der Waals surface area contributed by atoms with Crippen LogP contribution in [-0.2, 0) is 11.2 Å². The lowest BCUT2D eigenvalue weighted by Gasteiger charge is -2.18. The molecule has 20 heavy (non-hydrogen) atoms. The normalized spacial score (nSPS) is 11.9. The monoisotopic (exact) mass is 268 g/mol. The van der Waals surface area contributed by atoms with E-state index in [1.807, 2.05) is 24.3 Å². The molecule has 0 saturated heterocycles. The van der Waals surface area contributed by atoms with Crippen molar-refractivity contribution < 1.29 is 4.79 Å². The third-order valence-electron chi connectivity index (χ3n) is 3.30. The Kier molecular flexibility index (Phi) is 4.41. The van der Waals surface area contributed by atoms with Crippen molar-refractivity contribution in [2.45, 2.75) is 26.3 Å². The van der Waals surface area contributed by atoms with Gasteiger partial charge >= 0.3 is 0 Å². The van der Waals surface area contributed by atoms with Crippen molar-refractivity contribution in [1.29, 1.82) is 0 Å². The molecule has 3 heteroatoms. The molecule has 2 rings (SSSR count). The molecule has 0 spiro atoms. The Labute approximate surface area is 119 Å². The fourth-order valence-electron chi connectivity index (χ4n) is 2.26. The van der Waals surface area contributed by atoms with E-state index in [0.29, 0.717) is 0 Å². The molecule has 3 nitrogen and oxygen atoms in total. The smallest absolute Gasteiger partial charge is 0.221 e. The number of anilines is 1. The van der Waals surface area contributed by atoms with Gasteiger partial charge in [-0.3, -0.25) is 4.79 Å². The first-order valence-corrected chi connectivity index (χ1v) is 6.75. The van der Waals surface area contributed by atoms with Crippen molar-refractivity contribution in [3.05, 3.63) is 65.2 Å². The minimum atomic E-state index is -0.317. The summed E-state index contributed by atoms with van der Waals surface area (Å²) in [5.41, 5.74) is 9.64. The van der Waals surface area contributed by atoms with Crippen LogP contribution >= 0.6 is 0 Å². The highest BCUT2D eigenvalue weighted by Gasteiger charge is 2.09.